The van der Waals surface area contributed by atoms with Gasteiger partial charge >= 0.3 is 0 Å². The van der Waals surface area contributed by atoms with Crippen LogP contribution in [0.15, 0.2) is 24.3 Å². The van der Waals surface area contributed by atoms with Crippen molar-refractivity contribution in [2.24, 2.45) is 5.92 Å². The Hall–Kier alpha value is -1.59. The molecule has 1 heterocycles. The van der Waals surface area contributed by atoms with Crippen LogP contribution >= 0.6 is 0 Å². The molecule has 2 saturated carbocycles. The normalized spacial score (nSPS) is 33.0. The minimum absolute atomic E-state index is 0.164. The molecule has 2 aliphatic carbocycles. The zero-order chi connectivity index (χ0) is 20.3. The molecule has 0 aromatic heterocycles. The second kappa shape index (κ2) is 9.05. The number of methoxy groups -OCH3 is 1. The van der Waals surface area contributed by atoms with Crippen LogP contribution in [0.25, 0.3) is 0 Å². The fourth-order valence-electron chi connectivity index (χ4n) is 6.06. The zero-order valence-corrected chi connectivity index (χ0v) is 17.8. The standard InChI is InChI=1S/C24H36N2O3/c1-29-20-12-10-18(11-13-20)23-21-9-5-6-14-24(21,28)15-16-26(23)17-22(27)25-19-7-3-2-4-8-19/h10-13,19,21,23,28H,2-9,14-17H2,1H3,(H,25,27)/p+1/t21-,23+,24+/m1/s1. The molecule has 1 aliphatic heterocycles. The number of ether oxygens (including phenoxy) is 1. The van der Waals surface area contributed by atoms with Crippen molar-refractivity contribution in [3.05, 3.63) is 29.8 Å². The van der Waals surface area contributed by atoms with E-state index in [4.69, 9.17) is 4.74 Å². The van der Waals surface area contributed by atoms with Crippen molar-refractivity contribution in [1.29, 1.82) is 0 Å². The maximum Gasteiger partial charge on any atom is 0.275 e. The number of hydrogen-bond acceptors (Lipinski definition) is 3. The van der Waals surface area contributed by atoms with Crippen molar-refractivity contribution < 1.29 is 19.5 Å². The largest absolute Gasteiger partial charge is 0.497 e. The number of rotatable bonds is 5. The molecule has 3 N–H and O–H groups in total. The van der Waals surface area contributed by atoms with Crippen LogP contribution in [0.2, 0.25) is 0 Å². The summed E-state index contributed by atoms with van der Waals surface area (Å²) in [5.74, 6) is 1.24. The van der Waals surface area contributed by atoms with E-state index in [1.54, 1.807) is 7.11 Å². The molecule has 0 bridgehead atoms. The van der Waals surface area contributed by atoms with Gasteiger partial charge in [0.2, 0.25) is 0 Å². The molecule has 3 fully saturated rings. The number of carbonyl (C=O) groups excluding carboxylic acids is 1. The highest BCUT2D eigenvalue weighted by atomic mass is 16.5. The molecule has 1 aromatic carbocycles. The van der Waals surface area contributed by atoms with Crippen LogP contribution in [0.3, 0.4) is 0 Å². The summed E-state index contributed by atoms with van der Waals surface area (Å²) in [6.07, 6.45) is 11.0. The first-order valence-corrected chi connectivity index (χ1v) is 11.6. The minimum atomic E-state index is -0.577. The van der Waals surface area contributed by atoms with E-state index in [2.05, 4.69) is 17.4 Å². The van der Waals surface area contributed by atoms with Gasteiger partial charge in [-0.15, -0.1) is 0 Å². The number of benzene rings is 1. The summed E-state index contributed by atoms with van der Waals surface area (Å²) in [5, 5.41) is 14.7. The molecule has 4 rings (SSSR count). The second-order valence-electron chi connectivity index (χ2n) is 9.44. The molecule has 3 aliphatic rings. The molecular formula is C24H37N2O3+. The molecule has 4 atom stereocenters. The summed E-state index contributed by atoms with van der Waals surface area (Å²) in [5.41, 5.74) is 0.642. The Labute approximate surface area is 174 Å². The van der Waals surface area contributed by atoms with Crippen LogP contribution in [0, 0.1) is 5.92 Å². The SMILES string of the molecule is COc1ccc([C@H]2[C@H]3CCCC[C@]3(O)CC[NH+]2CC(=O)NC2CCCCC2)cc1. The number of fused-ring (bicyclic) bond motifs is 1. The van der Waals surface area contributed by atoms with E-state index < -0.39 is 5.60 Å². The Morgan fingerprint density at radius 1 is 1.10 bits per heavy atom. The quantitative estimate of drug-likeness (QED) is 0.710. The van der Waals surface area contributed by atoms with Crippen molar-refractivity contribution in [2.75, 3.05) is 20.2 Å². The highest BCUT2D eigenvalue weighted by Crippen LogP contribution is 2.44. The predicted molar refractivity (Wildman–Crippen MR) is 113 cm³/mol. The number of amides is 1. The van der Waals surface area contributed by atoms with Gasteiger partial charge in [-0.1, -0.05) is 32.1 Å². The lowest BCUT2D eigenvalue weighted by molar-refractivity contribution is -0.937. The number of carbonyl (C=O) groups is 1. The van der Waals surface area contributed by atoms with Gasteiger partial charge in [0.15, 0.2) is 6.54 Å². The topological polar surface area (TPSA) is 63.0 Å². The lowest BCUT2D eigenvalue weighted by Gasteiger charge is -2.50. The van der Waals surface area contributed by atoms with E-state index >= 15 is 0 Å². The van der Waals surface area contributed by atoms with Crippen LogP contribution in [0.4, 0.5) is 0 Å². The molecule has 1 unspecified atom stereocenters. The molecule has 1 saturated heterocycles. The molecule has 1 aromatic rings. The van der Waals surface area contributed by atoms with Crippen LogP contribution in [0.5, 0.6) is 5.75 Å². The Balaban J connectivity index is 1.52. The number of nitrogens with one attached hydrogen (secondary N) is 2. The third-order valence-electron chi connectivity index (χ3n) is 7.62. The summed E-state index contributed by atoms with van der Waals surface area (Å²) in [4.78, 5) is 14.2. The molecule has 1 amide bonds. The minimum Gasteiger partial charge on any atom is -0.497 e. The van der Waals surface area contributed by atoms with E-state index in [1.807, 2.05) is 12.1 Å². The van der Waals surface area contributed by atoms with Crippen molar-refractivity contribution in [1.82, 2.24) is 5.32 Å². The smallest absolute Gasteiger partial charge is 0.275 e. The summed E-state index contributed by atoms with van der Waals surface area (Å²) < 4.78 is 5.34. The molecule has 0 radical (unpaired) electrons. The molecule has 29 heavy (non-hydrogen) atoms. The van der Waals surface area contributed by atoms with Gasteiger partial charge in [0, 0.05) is 23.9 Å². The monoisotopic (exact) mass is 401 g/mol. The molecule has 0 spiro atoms. The maximum atomic E-state index is 12.9. The van der Waals surface area contributed by atoms with Gasteiger partial charge in [-0.2, -0.15) is 0 Å². The number of piperidine rings is 1. The predicted octanol–water partition coefficient (Wildman–Crippen LogP) is 2.40. The van der Waals surface area contributed by atoms with Gasteiger partial charge in [-0.25, -0.2) is 0 Å². The first kappa shape index (κ1) is 20.7. The third-order valence-corrected chi connectivity index (χ3v) is 7.62. The number of quaternary nitrogens is 1. The Morgan fingerprint density at radius 2 is 1.83 bits per heavy atom. The van der Waals surface area contributed by atoms with Gasteiger partial charge < -0.3 is 20.1 Å². The van der Waals surface area contributed by atoms with E-state index in [9.17, 15) is 9.90 Å². The van der Waals surface area contributed by atoms with Crippen molar-refractivity contribution in [2.45, 2.75) is 81.9 Å². The molecule has 5 heteroatoms. The molecule has 5 nitrogen and oxygen atoms in total. The lowest BCUT2D eigenvalue weighted by Crippen LogP contribution is -3.16. The van der Waals surface area contributed by atoms with Gasteiger partial charge in [0.1, 0.15) is 11.8 Å². The highest BCUT2D eigenvalue weighted by Gasteiger charge is 2.51. The van der Waals surface area contributed by atoms with E-state index in [1.165, 1.54) is 36.1 Å². The fraction of sp³-hybridized carbons (Fsp3) is 0.708. The average Bonchev–Trinajstić information content (AvgIpc) is 2.74. The summed E-state index contributed by atoms with van der Waals surface area (Å²) in [6.45, 7) is 1.35. The first-order chi connectivity index (χ1) is 14.1. The van der Waals surface area contributed by atoms with Crippen molar-refractivity contribution in [3.63, 3.8) is 0 Å². The second-order valence-corrected chi connectivity index (χ2v) is 9.44. The summed E-state index contributed by atoms with van der Waals surface area (Å²) in [6, 6.07) is 8.78. The third kappa shape index (κ3) is 4.61. The van der Waals surface area contributed by atoms with Crippen LogP contribution in [-0.4, -0.2) is 42.9 Å². The zero-order valence-electron chi connectivity index (χ0n) is 17.8. The van der Waals surface area contributed by atoms with Gasteiger partial charge in [0.05, 0.1) is 19.3 Å². The van der Waals surface area contributed by atoms with Crippen molar-refractivity contribution in [3.8, 4) is 5.75 Å². The van der Waals surface area contributed by atoms with Crippen molar-refractivity contribution >= 4 is 5.91 Å². The Morgan fingerprint density at radius 3 is 2.55 bits per heavy atom. The van der Waals surface area contributed by atoms with E-state index in [0.29, 0.717) is 12.6 Å². The molecule has 160 valence electrons. The highest BCUT2D eigenvalue weighted by molar-refractivity contribution is 5.77. The van der Waals surface area contributed by atoms with E-state index in [-0.39, 0.29) is 17.9 Å². The summed E-state index contributed by atoms with van der Waals surface area (Å²) >= 11 is 0. The van der Waals surface area contributed by atoms with Crippen LogP contribution in [0.1, 0.15) is 75.8 Å². The fourth-order valence-corrected chi connectivity index (χ4v) is 6.06. The van der Waals surface area contributed by atoms with Gasteiger partial charge in [-0.3, -0.25) is 4.79 Å². The lowest BCUT2D eigenvalue weighted by atomic mass is 9.66. The Kier molecular flexibility index (Phi) is 6.45. The van der Waals surface area contributed by atoms with Crippen LogP contribution < -0.4 is 15.0 Å². The molecular weight excluding hydrogens is 364 g/mol. The Bertz CT molecular complexity index is 686. The van der Waals surface area contributed by atoms with Gasteiger partial charge in [-0.05, 0) is 49.9 Å². The van der Waals surface area contributed by atoms with Crippen LogP contribution in [-0.2, 0) is 4.79 Å². The average molecular weight is 402 g/mol. The number of hydrogen-bond donors (Lipinski definition) is 3. The summed E-state index contributed by atoms with van der Waals surface area (Å²) in [7, 11) is 1.68. The van der Waals surface area contributed by atoms with E-state index in [0.717, 1.165) is 50.8 Å². The number of likely N-dealkylation sites (tertiary alicyclic amines) is 1. The van der Waals surface area contributed by atoms with Gasteiger partial charge in [0.25, 0.3) is 5.91 Å². The first-order valence-electron chi connectivity index (χ1n) is 11.6. The maximum absolute atomic E-state index is 12.9. The number of aliphatic hydroxyl groups is 1.